The fourth-order valence-electron chi connectivity index (χ4n) is 1.27. The third-order valence-electron chi connectivity index (χ3n) is 2.07. The summed E-state index contributed by atoms with van der Waals surface area (Å²) in [5.74, 6) is 0.371. The predicted octanol–water partition coefficient (Wildman–Crippen LogP) is 3.06. The third-order valence-corrected chi connectivity index (χ3v) is 3.11. The van der Waals surface area contributed by atoms with Gasteiger partial charge in [-0.2, -0.15) is 0 Å². The minimum Gasteiger partial charge on any atom is -0.495 e. The molecule has 2 rings (SSSR count). The Morgan fingerprint density at radius 1 is 1.47 bits per heavy atom. The summed E-state index contributed by atoms with van der Waals surface area (Å²) in [6, 6.07) is 6.72. The normalized spacial score (nSPS) is 10.0. The number of nitrogens with one attached hydrogen (secondary N) is 1. The number of anilines is 1. The average Bonchev–Trinajstić information content (AvgIpc) is 2.82. The van der Waals surface area contributed by atoms with Gasteiger partial charge in [0, 0.05) is 11.9 Å². The van der Waals surface area contributed by atoms with Crippen molar-refractivity contribution in [1.29, 1.82) is 0 Å². The van der Waals surface area contributed by atoms with Gasteiger partial charge in [-0.15, -0.1) is 0 Å². The highest BCUT2D eigenvalue weighted by Crippen LogP contribution is 2.27. The van der Waals surface area contributed by atoms with Crippen molar-refractivity contribution in [2.75, 3.05) is 12.4 Å². The molecule has 0 aliphatic carbocycles. The lowest BCUT2D eigenvalue weighted by Gasteiger charge is -2.06. The Bertz CT molecular complexity index is 528. The molecule has 88 valence electrons. The molecule has 0 saturated carbocycles. The highest BCUT2D eigenvalue weighted by Gasteiger charge is 2.09. The summed E-state index contributed by atoms with van der Waals surface area (Å²) in [5, 5.41) is 3.18. The smallest absolute Gasteiger partial charge is 0.267 e. The highest BCUT2D eigenvalue weighted by molar-refractivity contribution is 7.08. The van der Waals surface area contributed by atoms with Gasteiger partial charge in [0.25, 0.3) is 5.91 Å². The van der Waals surface area contributed by atoms with Crippen LogP contribution in [-0.4, -0.2) is 17.4 Å². The van der Waals surface area contributed by atoms with Crippen molar-refractivity contribution < 1.29 is 9.53 Å². The molecule has 0 spiro atoms. The van der Waals surface area contributed by atoms with Gasteiger partial charge in [0.15, 0.2) is 0 Å². The van der Waals surface area contributed by atoms with Crippen molar-refractivity contribution in [3.05, 3.63) is 40.4 Å². The summed E-state index contributed by atoms with van der Waals surface area (Å²) < 4.78 is 8.89. The quantitative estimate of drug-likeness (QED) is 0.931. The number of carbonyl (C=O) groups excluding carboxylic acids is 1. The summed E-state index contributed by atoms with van der Waals surface area (Å²) in [5.41, 5.74) is 0.620. The van der Waals surface area contributed by atoms with Crippen molar-refractivity contribution in [1.82, 2.24) is 4.37 Å². The zero-order valence-corrected chi connectivity index (χ0v) is 10.5. The summed E-state index contributed by atoms with van der Waals surface area (Å²) in [7, 11) is 1.54. The van der Waals surface area contributed by atoms with E-state index in [1.165, 1.54) is 7.11 Å². The van der Waals surface area contributed by atoms with E-state index in [9.17, 15) is 4.79 Å². The maximum atomic E-state index is 11.7. The molecule has 17 heavy (non-hydrogen) atoms. The van der Waals surface area contributed by atoms with E-state index in [2.05, 4.69) is 9.69 Å². The number of nitrogens with zero attached hydrogens (tertiary/aromatic N) is 1. The number of ether oxygens (including phenoxy) is 1. The van der Waals surface area contributed by atoms with Gasteiger partial charge in [-0.1, -0.05) is 11.6 Å². The Labute approximate surface area is 107 Å². The summed E-state index contributed by atoms with van der Waals surface area (Å²) in [6.45, 7) is 0. The number of hydrogen-bond donors (Lipinski definition) is 1. The van der Waals surface area contributed by atoms with E-state index >= 15 is 0 Å². The number of amides is 1. The molecule has 1 heterocycles. The molecule has 0 radical (unpaired) electrons. The van der Waals surface area contributed by atoms with Crippen LogP contribution >= 0.6 is 23.1 Å². The van der Waals surface area contributed by atoms with Gasteiger partial charge in [-0.3, -0.25) is 4.79 Å². The predicted molar refractivity (Wildman–Crippen MR) is 68.1 cm³/mol. The van der Waals surface area contributed by atoms with Crippen LogP contribution in [-0.2, 0) is 0 Å². The molecule has 1 amide bonds. The van der Waals surface area contributed by atoms with Crippen molar-refractivity contribution >= 4 is 34.7 Å². The van der Waals surface area contributed by atoms with Crippen molar-refractivity contribution in [3.63, 3.8) is 0 Å². The molecule has 4 nitrogen and oxygen atoms in total. The van der Waals surface area contributed by atoms with Gasteiger partial charge in [0.1, 0.15) is 10.6 Å². The Kier molecular flexibility index (Phi) is 3.61. The first kappa shape index (κ1) is 11.9. The van der Waals surface area contributed by atoms with E-state index in [0.717, 1.165) is 11.5 Å². The second kappa shape index (κ2) is 5.16. The minimum atomic E-state index is -0.200. The molecule has 0 fully saturated rings. The lowest BCUT2D eigenvalue weighted by molar-refractivity contribution is 0.103. The lowest BCUT2D eigenvalue weighted by Crippen LogP contribution is -2.09. The molecule has 0 aliphatic rings. The van der Waals surface area contributed by atoms with Crippen LogP contribution in [0.1, 0.15) is 9.67 Å². The SMILES string of the molecule is COc1ccc(NC(=O)c2ccns2)cc1Cl. The van der Waals surface area contributed by atoms with E-state index in [1.54, 1.807) is 30.5 Å². The Balaban J connectivity index is 2.14. The Morgan fingerprint density at radius 2 is 2.29 bits per heavy atom. The van der Waals surface area contributed by atoms with Crippen LogP contribution in [0.2, 0.25) is 5.02 Å². The minimum absolute atomic E-state index is 0.200. The molecule has 2 aromatic rings. The van der Waals surface area contributed by atoms with Crippen molar-refractivity contribution in [2.24, 2.45) is 0 Å². The molecular formula is C11H9ClN2O2S. The zero-order chi connectivity index (χ0) is 12.3. The van der Waals surface area contributed by atoms with Gasteiger partial charge >= 0.3 is 0 Å². The standard InChI is InChI=1S/C11H9ClN2O2S/c1-16-9-3-2-7(6-8(9)12)14-11(15)10-4-5-13-17-10/h2-6H,1H3,(H,14,15). The van der Waals surface area contributed by atoms with Crippen LogP contribution in [0.3, 0.4) is 0 Å². The van der Waals surface area contributed by atoms with Crippen LogP contribution in [0.15, 0.2) is 30.5 Å². The fraction of sp³-hybridized carbons (Fsp3) is 0.0909. The number of hydrogen-bond acceptors (Lipinski definition) is 4. The second-order valence-corrected chi connectivity index (χ2v) is 4.42. The Morgan fingerprint density at radius 3 is 2.88 bits per heavy atom. The fourth-order valence-corrected chi connectivity index (χ4v) is 2.02. The van der Waals surface area contributed by atoms with E-state index in [-0.39, 0.29) is 5.91 Å². The van der Waals surface area contributed by atoms with Crippen LogP contribution in [0.4, 0.5) is 5.69 Å². The van der Waals surface area contributed by atoms with E-state index < -0.39 is 0 Å². The van der Waals surface area contributed by atoms with E-state index in [0.29, 0.717) is 21.3 Å². The maximum Gasteiger partial charge on any atom is 0.267 e. The highest BCUT2D eigenvalue weighted by atomic mass is 35.5. The molecule has 0 saturated heterocycles. The summed E-state index contributed by atoms with van der Waals surface area (Å²) in [4.78, 5) is 12.3. The van der Waals surface area contributed by atoms with Gasteiger partial charge < -0.3 is 10.1 Å². The van der Waals surface area contributed by atoms with Crippen molar-refractivity contribution in [3.8, 4) is 5.75 Å². The molecule has 0 aliphatic heterocycles. The molecule has 1 aromatic carbocycles. The first-order valence-corrected chi connectivity index (χ1v) is 5.91. The van der Waals surface area contributed by atoms with Crippen LogP contribution in [0, 0.1) is 0 Å². The van der Waals surface area contributed by atoms with Gasteiger partial charge in [0.05, 0.1) is 12.1 Å². The third kappa shape index (κ3) is 2.75. The van der Waals surface area contributed by atoms with E-state index in [1.807, 2.05) is 0 Å². The van der Waals surface area contributed by atoms with E-state index in [4.69, 9.17) is 16.3 Å². The molecule has 0 unspecified atom stereocenters. The first-order valence-electron chi connectivity index (χ1n) is 4.76. The zero-order valence-electron chi connectivity index (χ0n) is 8.94. The number of halogens is 1. The van der Waals surface area contributed by atoms with Crippen LogP contribution in [0.25, 0.3) is 0 Å². The second-order valence-electron chi connectivity index (χ2n) is 3.18. The monoisotopic (exact) mass is 268 g/mol. The molecule has 1 aromatic heterocycles. The molecule has 6 heteroatoms. The summed E-state index contributed by atoms with van der Waals surface area (Å²) in [6.07, 6.45) is 1.58. The van der Waals surface area contributed by atoms with Gasteiger partial charge in [-0.25, -0.2) is 4.37 Å². The molecule has 0 atom stereocenters. The first-order chi connectivity index (χ1) is 8.20. The Hall–Kier alpha value is -1.59. The molecule has 0 bridgehead atoms. The van der Waals surface area contributed by atoms with Crippen LogP contribution < -0.4 is 10.1 Å². The number of rotatable bonds is 3. The average molecular weight is 269 g/mol. The molecule has 1 N–H and O–H groups in total. The number of benzene rings is 1. The lowest BCUT2D eigenvalue weighted by atomic mass is 10.3. The number of aromatic nitrogens is 1. The maximum absolute atomic E-state index is 11.7. The van der Waals surface area contributed by atoms with Gasteiger partial charge in [0.2, 0.25) is 0 Å². The van der Waals surface area contributed by atoms with Gasteiger partial charge in [-0.05, 0) is 35.8 Å². The van der Waals surface area contributed by atoms with Crippen LogP contribution in [0.5, 0.6) is 5.75 Å². The largest absolute Gasteiger partial charge is 0.495 e. The van der Waals surface area contributed by atoms with Crippen molar-refractivity contribution in [2.45, 2.75) is 0 Å². The summed E-state index contributed by atoms with van der Waals surface area (Å²) >= 11 is 7.09. The number of methoxy groups -OCH3 is 1. The molecular weight excluding hydrogens is 260 g/mol. The number of carbonyl (C=O) groups is 1. The topological polar surface area (TPSA) is 51.2 Å².